The van der Waals surface area contributed by atoms with Gasteiger partial charge in [0.2, 0.25) is 0 Å². The van der Waals surface area contributed by atoms with E-state index >= 15 is 0 Å². The maximum Gasteiger partial charge on any atom is 0.128 e. The largest absolute Gasteiger partial charge is 0.493 e. The Kier molecular flexibility index (Phi) is 6.52. The third-order valence-electron chi connectivity index (χ3n) is 2.98. The minimum absolute atomic E-state index is 0.788. The predicted octanol–water partition coefficient (Wildman–Crippen LogP) is 5.60. The van der Waals surface area contributed by atoms with Crippen LogP contribution >= 0.6 is 11.8 Å². The van der Waals surface area contributed by atoms with Gasteiger partial charge in [0, 0.05) is 15.9 Å². The van der Waals surface area contributed by atoms with Crippen LogP contribution in [0.4, 0.5) is 0 Å². The van der Waals surface area contributed by atoms with E-state index in [4.69, 9.17) is 4.74 Å². The standard InChI is InChI=1S/C18H21OS/c1-2-3-4-8-14-19-16-10-9-13-18(15-16)20-17-11-6-5-7-12-17/h5-7,9,11-13,15H,2-4,8,14H2,1H3. The van der Waals surface area contributed by atoms with Crippen LogP contribution in [0.1, 0.15) is 32.6 Å². The van der Waals surface area contributed by atoms with Gasteiger partial charge in [-0.2, -0.15) is 0 Å². The Morgan fingerprint density at radius 1 is 1.00 bits per heavy atom. The van der Waals surface area contributed by atoms with Gasteiger partial charge < -0.3 is 4.74 Å². The quantitative estimate of drug-likeness (QED) is 0.584. The number of unbranched alkanes of at least 4 members (excludes halogenated alkanes) is 3. The highest BCUT2D eigenvalue weighted by Crippen LogP contribution is 2.29. The third-order valence-corrected chi connectivity index (χ3v) is 3.98. The van der Waals surface area contributed by atoms with E-state index in [2.05, 4.69) is 49.4 Å². The molecule has 105 valence electrons. The first-order chi connectivity index (χ1) is 9.88. The summed E-state index contributed by atoms with van der Waals surface area (Å²) in [6.07, 6.45) is 4.92. The van der Waals surface area contributed by atoms with E-state index in [1.165, 1.54) is 29.1 Å². The highest BCUT2D eigenvalue weighted by Gasteiger charge is 2.00. The van der Waals surface area contributed by atoms with Crippen LogP contribution in [0.25, 0.3) is 0 Å². The second-order valence-electron chi connectivity index (χ2n) is 4.71. The number of benzene rings is 2. The monoisotopic (exact) mass is 285 g/mol. The lowest BCUT2D eigenvalue weighted by molar-refractivity contribution is 0.304. The molecule has 2 aromatic rings. The molecule has 0 bridgehead atoms. The number of ether oxygens (including phenoxy) is 1. The molecule has 1 nitrogen and oxygen atoms in total. The van der Waals surface area contributed by atoms with Crippen molar-refractivity contribution in [1.82, 2.24) is 0 Å². The van der Waals surface area contributed by atoms with Crippen molar-refractivity contribution in [3.63, 3.8) is 0 Å². The molecule has 0 amide bonds. The molecule has 0 fully saturated rings. The van der Waals surface area contributed by atoms with Gasteiger partial charge >= 0.3 is 0 Å². The van der Waals surface area contributed by atoms with Crippen LogP contribution in [0.15, 0.2) is 58.3 Å². The van der Waals surface area contributed by atoms with Crippen LogP contribution < -0.4 is 4.74 Å². The molecule has 0 aliphatic heterocycles. The van der Waals surface area contributed by atoms with Crippen molar-refractivity contribution in [3.05, 3.63) is 54.6 Å². The molecule has 2 rings (SSSR count). The molecule has 0 heterocycles. The molecule has 0 aromatic heterocycles. The molecule has 2 heteroatoms. The summed E-state index contributed by atoms with van der Waals surface area (Å²) in [5.74, 6) is 0.849. The minimum atomic E-state index is 0.788. The fraction of sp³-hybridized carbons (Fsp3) is 0.333. The van der Waals surface area contributed by atoms with Crippen LogP contribution in [-0.2, 0) is 0 Å². The number of hydrogen-bond acceptors (Lipinski definition) is 2. The van der Waals surface area contributed by atoms with Crippen LogP contribution in [0.2, 0.25) is 0 Å². The number of rotatable bonds is 8. The van der Waals surface area contributed by atoms with E-state index < -0.39 is 0 Å². The molecule has 0 unspecified atom stereocenters. The summed E-state index contributed by atoms with van der Waals surface area (Å²) in [7, 11) is 0. The van der Waals surface area contributed by atoms with E-state index in [1.807, 2.05) is 12.1 Å². The predicted molar refractivity (Wildman–Crippen MR) is 85.5 cm³/mol. The summed E-state index contributed by atoms with van der Waals surface area (Å²) in [4.78, 5) is 2.44. The van der Waals surface area contributed by atoms with Crippen LogP contribution in [-0.4, -0.2) is 6.61 Å². The SMILES string of the molecule is CCCCCCOc1[c]ccc(Sc2ccccc2)c1. The van der Waals surface area contributed by atoms with Gasteiger partial charge in [-0.3, -0.25) is 0 Å². The lowest BCUT2D eigenvalue weighted by Gasteiger charge is -2.07. The molecule has 20 heavy (non-hydrogen) atoms. The van der Waals surface area contributed by atoms with Gasteiger partial charge in [0.15, 0.2) is 0 Å². The second kappa shape index (κ2) is 8.70. The molecule has 0 aliphatic rings. The van der Waals surface area contributed by atoms with E-state index in [-0.39, 0.29) is 0 Å². The molecule has 0 aliphatic carbocycles. The fourth-order valence-electron chi connectivity index (χ4n) is 1.91. The Bertz CT molecular complexity index is 496. The van der Waals surface area contributed by atoms with Gasteiger partial charge in [0.1, 0.15) is 5.75 Å². The molecule has 0 N–H and O–H groups in total. The molecule has 0 atom stereocenters. The van der Waals surface area contributed by atoms with E-state index in [9.17, 15) is 0 Å². The van der Waals surface area contributed by atoms with Crippen LogP contribution in [0, 0.1) is 6.07 Å². The van der Waals surface area contributed by atoms with E-state index in [0.717, 1.165) is 18.8 Å². The first-order valence-electron chi connectivity index (χ1n) is 7.26. The Hall–Kier alpha value is -1.41. The minimum Gasteiger partial charge on any atom is -0.493 e. The molecule has 1 radical (unpaired) electrons. The Morgan fingerprint density at radius 2 is 1.85 bits per heavy atom. The van der Waals surface area contributed by atoms with Crippen molar-refractivity contribution in [2.24, 2.45) is 0 Å². The summed E-state index contributed by atoms with van der Waals surface area (Å²) in [5, 5.41) is 0. The molecular formula is C18H21OS. The highest BCUT2D eigenvalue weighted by molar-refractivity contribution is 7.99. The average Bonchev–Trinajstić information content (AvgIpc) is 2.48. The second-order valence-corrected chi connectivity index (χ2v) is 5.86. The Morgan fingerprint density at radius 3 is 2.65 bits per heavy atom. The zero-order chi connectivity index (χ0) is 14.0. The maximum atomic E-state index is 5.76. The van der Waals surface area contributed by atoms with E-state index in [0.29, 0.717) is 0 Å². The average molecular weight is 285 g/mol. The van der Waals surface area contributed by atoms with Gasteiger partial charge in [-0.05, 0) is 36.8 Å². The van der Waals surface area contributed by atoms with Gasteiger partial charge in [0.25, 0.3) is 0 Å². The summed E-state index contributed by atoms with van der Waals surface area (Å²) in [6.45, 7) is 3.01. The summed E-state index contributed by atoms with van der Waals surface area (Å²) in [6, 6.07) is 19.6. The van der Waals surface area contributed by atoms with Crippen LogP contribution in [0.5, 0.6) is 5.75 Å². The van der Waals surface area contributed by atoms with Crippen molar-refractivity contribution < 1.29 is 4.74 Å². The summed E-state index contributed by atoms with van der Waals surface area (Å²) >= 11 is 1.75. The van der Waals surface area contributed by atoms with Crippen molar-refractivity contribution in [3.8, 4) is 5.75 Å². The molecule has 0 saturated heterocycles. The molecule has 2 aromatic carbocycles. The first kappa shape index (κ1) is 15.0. The lowest BCUT2D eigenvalue weighted by atomic mass is 10.2. The third kappa shape index (κ3) is 5.30. The van der Waals surface area contributed by atoms with Crippen molar-refractivity contribution in [1.29, 1.82) is 0 Å². The van der Waals surface area contributed by atoms with Crippen molar-refractivity contribution >= 4 is 11.8 Å². The normalized spacial score (nSPS) is 10.4. The first-order valence-corrected chi connectivity index (χ1v) is 8.07. The van der Waals surface area contributed by atoms with Crippen molar-refractivity contribution in [2.45, 2.75) is 42.4 Å². The van der Waals surface area contributed by atoms with Gasteiger partial charge in [0.05, 0.1) is 6.61 Å². The maximum absolute atomic E-state index is 5.76. The lowest BCUT2D eigenvalue weighted by Crippen LogP contribution is -1.97. The van der Waals surface area contributed by atoms with Gasteiger partial charge in [-0.1, -0.05) is 56.1 Å². The summed E-state index contributed by atoms with van der Waals surface area (Å²) in [5.41, 5.74) is 0. The van der Waals surface area contributed by atoms with Crippen LogP contribution in [0.3, 0.4) is 0 Å². The molecular weight excluding hydrogens is 264 g/mol. The zero-order valence-electron chi connectivity index (χ0n) is 12.0. The van der Waals surface area contributed by atoms with Crippen molar-refractivity contribution in [2.75, 3.05) is 6.61 Å². The molecule has 0 spiro atoms. The summed E-state index contributed by atoms with van der Waals surface area (Å²) < 4.78 is 5.76. The van der Waals surface area contributed by atoms with Gasteiger partial charge in [-0.25, -0.2) is 0 Å². The number of hydrogen-bond donors (Lipinski definition) is 0. The van der Waals surface area contributed by atoms with Gasteiger partial charge in [-0.15, -0.1) is 0 Å². The Labute approximate surface area is 126 Å². The van der Waals surface area contributed by atoms with E-state index in [1.54, 1.807) is 11.8 Å². The smallest absolute Gasteiger partial charge is 0.128 e. The fourth-order valence-corrected chi connectivity index (χ4v) is 2.77. The zero-order valence-corrected chi connectivity index (χ0v) is 12.8. The highest BCUT2D eigenvalue weighted by atomic mass is 32.2. The molecule has 0 saturated carbocycles. The Balaban J connectivity index is 1.84. The topological polar surface area (TPSA) is 9.23 Å².